The van der Waals surface area contributed by atoms with Crippen molar-refractivity contribution in [3.05, 3.63) is 24.0 Å². The van der Waals surface area contributed by atoms with E-state index in [1.165, 1.54) is 6.42 Å². The number of hydrogen-bond donors (Lipinski definition) is 3. The molecular weight excluding hydrogens is 190 g/mol. The van der Waals surface area contributed by atoms with Crippen LogP contribution in [0.25, 0.3) is 0 Å². The number of rotatable bonds is 4. The lowest BCUT2D eigenvalue weighted by atomic mass is 10.1. The maximum atomic E-state index is 11.6. The van der Waals surface area contributed by atoms with Gasteiger partial charge in [0, 0.05) is 18.8 Å². The highest BCUT2D eigenvalue weighted by Gasteiger charge is 2.14. The summed E-state index contributed by atoms with van der Waals surface area (Å²) in [4.78, 5) is 14.6. The Morgan fingerprint density at radius 1 is 1.60 bits per heavy atom. The Kier molecular flexibility index (Phi) is 3.53. The van der Waals surface area contributed by atoms with Crippen molar-refractivity contribution in [2.24, 2.45) is 0 Å². The summed E-state index contributed by atoms with van der Waals surface area (Å²) in [7, 11) is 0. The molecule has 1 atom stereocenters. The van der Waals surface area contributed by atoms with Gasteiger partial charge in [-0.3, -0.25) is 4.79 Å². The van der Waals surface area contributed by atoms with Gasteiger partial charge in [-0.1, -0.05) is 0 Å². The Morgan fingerprint density at radius 2 is 2.53 bits per heavy atom. The Morgan fingerprint density at radius 3 is 3.20 bits per heavy atom. The maximum absolute atomic E-state index is 11.6. The highest BCUT2D eigenvalue weighted by molar-refractivity contribution is 5.95. The maximum Gasteiger partial charge on any atom is 0.192 e. The first-order valence-electron chi connectivity index (χ1n) is 5.47. The second kappa shape index (κ2) is 5.09. The largest absolute Gasteiger partial charge is 0.359 e. The van der Waals surface area contributed by atoms with Gasteiger partial charge in [0.1, 0.15) is 0 Å². The summed E-state index contributed by atoms with van der Waals surface area (Å²) in [5.41, 5.74) is 0.686. The number of H-pyrrole nitrogens is 1. The lowest BCUT2D eigenvalue weighted by Gasteiger charge is -2.23. The van der Waals surface area contributed by atoms with Crippen molar-refractivity contribution in [2.45, 2.75) is 18.9 Å². The molecule has 0 saturated carbocycles. The molecule has 0 bridgehead atoms. The van der Waals surface area contributed by atoms with Crippen LogP contribution in [0.5, 0.6) is 0 Å². The Balaban J connectivity index is 1.75. The van der Waals surface area contributed by atoms with E-state index >= 15 is 0 Å². The molecule has 2 rings (SSSR count). The zero-order valence-electron chi connectivity index (χ0n) is 8.75. The van der Waals surface area contributed by atoms with Crippen molar-refractivity contribution < 1.29 is 4.79 Å². The summed E-state index contributed by atoms with van der Waals surface area (Å²) >= 11 is 0. The average molecular weight is 207 g/mol. The highest BCUT2D eigenvalue weighted by atomic mass is 16.1. The van der Waals surface area contributed by atoms with Gasteiger partial charge in [0.05, 0.1) is 12.2 Å². The number of carbonyl (C=O) groups is 1. The summed E-state index contributed by atoms with van der Waals surface area (Å²) < 4.78 is 0. The van der Waals surface area contributed by atoms with Crippen molar-refractivity contribution in [3.8, 4) is 0 Å². The van der Waals surface area contributed by atoms with E-state index in [4.69, 9.17) is 0 Å². The molecule has 4 nitrogen and oxygen atoms in total. The molecule has 0 radical (unpaired) electrons. The lowest BCUT2D eigenvalue weighted by molar-refractivity contribution is 0.0981. The van der Waals surface area contributed by atoms with Gasteiger partial charge in [0.2, 0.25) is 0 Å². The standard InChI is InChI=1S/C11H17N3O/c15-11(10-4-2-6-13-10)8-14-9-3-1-5-12-7-9/h2,4,6,9,12-14H,1,3,5,7-8H2/t9-/m1/s1. The summed E-state index contributed by atoms with van der Waals surface area (Å²) in [5, 5.41) is 6.59. The second-order valence-corrected chi connectivity index (χ2v) is 3.93. The predicted molar refractivity (Wildman–Crippen MR) is 59.0 cm³/mol. The molecular formula is C11H17N3O. The zero-order chi connectivity index (χ0) is 10.5. The molecule has 1 aliphatic rings. The van der Waals surface area contributed by atoms with Gasteiger partial charge in [-0.15, -0.1) is 0 Å². The van der Waals surface area contributed by atoms with Crippen LogP contribution in [-0.4, -0.2) is 36.4 Å². The van der Waals surface area contributed by atoms with E-state index in [2.05, 4.69) is 15.6 Å². The number of carbonyl (C=O) groups excluding carboxylic acids is 1. The monoisotopic (exact) mass is 207 g/mol. The number of aromatic nitrogens is 1. The van der Waals surface area contributed by atoms with Gasteiger partial charge >= 0.3 is 0 Å². The number of piperidine rings is 1. The molecule has 82 valence electrons. The van der Waals surface area contributed by atoms with E-state index in [1.54, 1.807) is 6.20 Å². The molecule has 1 aliphatic heterocycles. The molecule has 15 heavy (non-hydrogen) atoms. The fraction of sp³-hybridized carbons (Fsp3) is 0.545. The number of Topliss-reactive ketones (excluding diaryl/α,β-unsaturated/α-hetero) is 1. The molecule has 1 aromatic rings. The lowest BCUT2D eigenvalue weighted by Crippen LogP contribution is -2.44. The summed E-state index contributed by atoms with van der Waals surface area (Å²) in [6, 6.07) is 4.09. The first-order chi connectivity index (χ1) is 7.36. The number of ketones is 1. The van der Waals surface area contributed by atoms with Gasteiger partial charge < -0.3 is 15.6 Å². The Hall–Kier alpha value is -1.13. The van der Waals surface area contributed by atoms with E-state index in [-0.39, 0.29) is 5.78 Å². The first-order valence-corrected chi connectivity index (χ1v) is 5.47. The average Bonchev–Trinajstić information content (AvgIpc) is 2.81. The van der Waals surface area contributed by atoms with Crippen molar-refractivity contribution in [1.82, 2.24) is 15.6 Å². The molecule has 1 aromatic heterocycles. The van der Waals surface area contributed by atoms with Crippen molar-refractivity contribution in [2.75, 3.05) is 19.6 Å². The van der Waals surface area contributed by atoms with Gasteiger partial charge in [-0.2, -0.15) is 0 Å². The fourth-order valence-electron chi connectivity index (χ4n) is 1.86. The summed E-state index contributed by atoms with van der Waals surface area (Å²) in [6.45, 7) is 2.49. The second-order valence-electron chi connectivity index (χ2n) is 3.93. The third-order valence-electron chi connectivity index (χ3n) is 2.75. The molecule has 0 spiro atoms. The minimum Gasteiger partial charge on any atom is -0.359 e. The molecule has 0 aliphatic carbocycles. The summed E-state index contributed by atoms with van der Waals surface area (Å²) in [5.74, 6) is 0.130. The van der Waals surface area contributed by atoms with Gasteiger partial charge in [-0.05, 0) is 31.5 Å². The van der Waals surface area contributed by atoms with E-state index in [9.17, 15) is 4.79 Å². The number of nitrogens with one attached hydrogen (secondary N) is 3. The molecule has 0 amide bonds. The van der Waals surface area contributed by atoms with E-state index in [0.29, 0.717) is 18.3 Å². The van der Waals surface area contributed by atoms with Crippen molar-refractivity contribution >= 4 is 5.78 Å². The van der Waals surface area contributed by atoms with E-state index < -0.39 is 0 Å². The van der Waals surface area contributed by atoms with Crippen LogP contribution in [0.2, 0.25) is 0 Å². The van der Waals surface area contributed by atoms with Gasteiger partial charge in [0.25, 0.3) is 0 Å². The molecule has 0 aromatic carbocycles. The zero-order valence-corrected chi connectivity index (χ0v) is 8.75. The van der Waals surface area contributed by atoms with Crippen LogP contribution in [0, 0.1) is 0 Å². The Bertz CT molecular complexity index is 302. The minimum absolute atomic E-state index is 0.130. The SMILES string of the molecule is O=C(CN[C@@H]1CCCNC1)c1ccc[nH]1. The first kappa shape index (κ1) is 10.4. The molecule has 1 saturated heterocycles. The summed E-state index contributed by atoms with van der Waals surface area (Å²) in [6.07, 6.45) is 4.12. The molecule has 3 N–H and O–H groups in total. The van der Waals surface area contributed by atoms with Crippen LogP contribution in [0.3, 0.4) is 0 Å². The van der Waals surface area contributed by atoms with Crippen LogP contribution < -0.4 is 10.6 Å². The van der Waals surface area contributed by atoms with Gasteiger partial charge in [-0.25, -0.2) is 0 Å². The minimum atomic E-state index is 0.130. The molecule has 4 heteroatoms. The molecule has 1 fully saturated rings. The molecule has 0 unspecified atom stereocenters. The number of hydrogen-bond acceptors (Lipinski definition) is 3. The predicted octanol–water partition coefficient (Wildman–Crippen LogP) is 0.539. The van der Waals surface area contributed by atoms with Crippen molar-refractivity contribution in [3.63, 3.8) is 0 Å². The van der Waals surface area contributed by atoms with Crippen LogP contribution in [0.15, 0.2) is 18.3 Å². The van der Waals surface area contributed by atoms with Gasteiger partial charge in [0.15, 0.2) is 5.78 Å². The Labute approximate surface area is 89.5 Å². The smallest absolute Gasteiger partial charge is 0.192 e. The third kappa shape index (κ3) is 2.91. The van der Waals surface area contributed by atoms with Crippen LogP contribution in [0.1, 0.15) is 23.3 Å². The molecule has 2 heterocycles. The topological polar surface area (TPSA) is 56.9 Å². The third-order valence-corrected chi connectivity index (χ3v) is 2.75. The van der Waals surface area contributed by atoms with Crippen LogP contribution in [0.4, 0.5) is 0 Å². The normalized spacial score (nSPS) is 21.5. The van der Waals surface area contributed by atoms with Crippen LogP contribution >= 0.6 is 0 Å². The van der Waals surface area contributed by atoms with E-state index in [0.717, 1.165) is 19.5 Å². The quantitative estimate of drug-likeness (QED) is 0.632. The van der Waals surface area contributed by atoms with Crippen molar-refractivity contribution in [1.29, 1.82) is 0 Å². The number of aromatic amines is 1. The fourth-order valence-corrected chi connectivity index (χ4v) is 1.86. The van der Waals surface area contributed by atoms with E-state index in [1.807, 2.05) is 12.1 Å². The highest BCUT2D eigenvalue weighted by Crippen LogP contribution is 2.01. The van der Waals surface area contributed by atoms with Crippen LogP contribution in [-0.2, 0) is 0 Å².